The van der Waals surface area contributed by atoms with Gasteiger partial charge in [-0.2, -0.15) is 5.10 Å². The Balaban J connectivity index is 1.27. The van der Waals surface area contributed by atoms with Crippen LogP contribution in [0.4, 0.5) is 14.6 Å². The number of nitrogens with one attached hydrogen (secondary N) is 1. The number of nitrogens with two attached hydrogens (primary N) is 1. The Kier molecular flexibility index (Phi) is 6.11. The van der Waals surface area contributed by atoms with Crippen LogP contribution in [0.25, 0.3) is 34.1 Å². The molecular formula is C29H22F2N10O. The van der Waals surface area contributed by atoms with Gasteiger partial charge in [0, 0.05) is 36.7 Å². The van der Waals surface area contributed by atoms with Gasteiger partial charge >= 0.3 is 0 Å². The Hall–Kier alpha value is -5.59. The molecule has 5 heterocycles. The summed E-state index contributed by atoms with van der Waals surface area (Å²) in [7, 11) is 0. The van der Waals surface area contributed by atoms with Gasteiger partial charge in [-0.1, -0.05) is 6.07 Å². The SMILES string of the molecule is Nc1ncccc1-c1nc2ccc(-n3cccn3)nc2n1-c1ccc2c(c1)CC[C@@H]2NC(=O)c1cnc(C(F)F)nc1. The van der Waals surface area contributed by atoms with Crippen molar-refractivity contribution in [1.29, 1.82) is 0 Å². The lowest BCUT2D eigenvalue weighted by molar-refractivity contribution is 0.0934. The van der Waals surface area contributed by atoms with E-state index in [1.54, 1.807) is 23.1 Å². The zero-order valence-corrected chi connectivity index (χ0v) is 21.9. The fourth-order valence-corrected chi connectivity index (χ4v) is 5.21. The standard InChI is InChI=1S/C29H22F2N10O/c30-24(31)26-34-14-17(15-35-26)29(42)38-21-7-4-16-13-18(5-6-19(16)21)41-27(20-3-1-10-33-25(20)32)37-22-8-9-23(39-28(22)41)40-12-2-11-36-40/h1-3,5-6,8-15,21,24H,4,7H2,(H2,32,33)(H,38,42)/t21-/m0/s1. The van der Waals surface area contributed by atoms with Crippen LogP contribution in [0.1, 0.15) is 46.2 Å². The van der Waals surface area contributed by atoms with Gasteiger partial charge in [0.25, 0.3) is 12.3 Å². The van der Waals surface area contributed by atoms with Crippen LogP contribution in [0.3, 0.4) is 0 Å². The van der Waals surface area contributed by atoms with Gasteiger partial charge in [-0.05, 0) is 66.4 Å². The number of hydrogen-bond acceptors (Lipinski definition) is 8. The maximum Gasteiger partial charge on any atom is 0.297 e. The second kappa shape index (κ2) is 10.1. The number of hydrogen-bond donors (Lipinski definition) is 2. The zero-order chi connectivity index (χ0) is 28.8. The van der Waals surface area contributed by atoms with E-state index in [-0.39, 0.29) is 11.6 Å². The summed E-state index contributed by atoms with van der Waals surface area (Å²) in [5.74, 6) is 0.527. The summed E-state index contributed by atoms with van der Waals surface area (Å²) in [6.07, 6.45) is 5.96. The van der Waals surface area contributed by atoms with E-state index in [2.05, 4.69) is 31.4 Å². The number of pyridine rings is 2. The minimum Gasteiger partial charge on any atom is -0.383 e. The molecule has 1 amide bonds. The molecule has 0 spiro atoms. The second-order valence-corrected chi connectivity index (χ2v) is 9.75. The van der Waals surface area contributed by atoms with Crippen LogP contribution >= 0.6 is 0 Å². The first-order chi connectivity index (χ1) is 20.5. The smallest absolute Gasteiger partial charge is 0.297 e. The molecule has 5 aromatic heterocycles. The highest BCUT2D eigenvalue weighted by molar-refractivity contribution is 5.94. The lowest BCUT2D eigenvalue weighted by atomic mass is 10.1. The lowest BCUT2D eigenvalue weighted by Crippen LogP contribution is -2.27. The van der Waals surface area contributed by atoms with Gasteiger partial charge in [0.05, 0.1) is 17.2 Å². The van der Waals surface area contributed by atoms with Crippen molar-refractivity contribution in [3.63, 3.8) is 0 Å². The molecule has 42 heavy (non-hydrogen) atoms. The Morgan fingerprint density at radius 3 is 2.64 bits per heavy atom. The first-order valence-corrected chi connectivity index (χ1v) is 13.1. The third kappa shape index (κ3) is 4.40. The fraction of sp³-hybridized carbons (Fsp3) is 0.138. The van der Waals surface area contributed by atoms with Gasteiger partial charge in [-0.25, -0.2) is 38.4 Å². The normalized spacial score (nSPS) is 14.4. The van der Waals surface area contributed by atoms with Crippen molar-refractivity contribution in [2.75, 3.05) is 5.73 Å². The molecule has 1 aromatic carbocycles. The van der Waals surface area contributed by atoms with Gasteiger partial charge < -0.3 is 11.1 Å². The van der Waals surface area contributed by atoms with E-state index in [0.29, 0.717) is 40.6 Å². The number of nitrogens with zero attached hydrogens (tertiary/aromatic N) is 8. The molecule has 7 rings (SSSR count). The van der Waals surface area contributed by atoms with E-state index >= 15 is 0 Å². The average molecular weight is 565 g/mol. The first-order valence-electron chi connectivity index (χ1n) is 13.1. The number of fused-ring (bicyclic) bond motifs is 2. The summed E-state index contributed by atoms with van der Waals surface area (Å²) >= 11 is 0. The average Bonchev–Trinajstić information content (AvgIpc) is 3.76. The molecule has 0 fully saturated rings. The first kappa shape index (κ1) is 25.4. The van der Waals surface area contributed by atoms with Gasteiger partial charge in [0.1, 0.15) is 11.3 Å². The third-order valence-electron chi connectivity index (χ3n) is 7.21. The Bertz CT molecular complexity index is 1940. The number of benzene rings is 1. The summed E-state index contributed by atoms with van der Waals surface area (Å²) < 4.78 is 29.2. The number of halogens is 2. The van der Waals surface area contributed by atoms with E-state index in [9.17, 15) is 13.6 Å². The topological polar surface area (TPSA) is 142 Å². The van der Waals surface area contributed by atoms with Crippen molar-refractivity contribution < 1.29 is 13.6 Å². The molecule has 208 valence electrons. The van der Waals surface area contributed by atoms with Crippen molar-refractivity contribution in [2.45, 2.75) is 25.3 Å². The van der Waals surface area contributed by atoms with Crippen LogP contribution in [0.5, 0.6) is 0 Å². The van der Waals surface area contributed by atoms with Gasteiger partial charge in [0.15, 0.2) is 23.1 Å². The van der Waals surface area contributed by atoms with E-state index in [1.807, 2.05) is 47.2 Å². The number of aryl methyl sites for hydroxylation is 1. The van der Waals surface area contributed by atoms with Crippen molar-refractivity contribution in [3.8, 4) is 22.9 Å². The van der Waals surface area contributed by atoms with E-state index < -0.39 is 18.2 Å². The number of aromatic nitrogens is 8. The largest absolute Gasteiger partial charge is 0.383 e. The molecule has 0 bridgehead atoms. The van der Waals surface area contributed by atoms with Crippen LogP contribution in [-0.4, -0.2) is 45.2 Å². The summed E-state index contributed by atoms with van der Waals surface area (Å²) in [5, 5.41) is 7.29. The van der Waals surface area contributed by atoms with E-state index in [4.69, 9.17) is 15.7 Å². The van der Waals surface area contributed by atoms with Crippen molar-refractivity contribution in [3.05, 3.63) is 102 Å². The summed E-state index contributed by atoms with van der Waals surface area (Å²) in [6.45, 7) is 0. The van der Waals surface area contributed by atoms with Crippen LogP contribution in [0.15, 0.2) is 79.5 Å². The van der Waals surface area contributed by atoms with Crippen LogP contribution in [0.2, 0.25) is 0 Å². The predicted molar refractivity (Wildman–Crippen MR) is 149 cm³/mol. The molecule has 1 aliphatic rings. The summed E-state index contributed by atoms with van der Waals surface area (Å²) in [4.78, 5) is 34.0. The van der Waals surface area contributed by atoms with Crippen molar-refractivity contribution in [2.24, 2.45) is 0 Å². The molecule has 0 unspecified atom stereocenters. The highest BCUT2D eigenvalue weighted by Gasteiger charge is 2.27. The van der Waals surface area contributed by atoms with Crippen molar-refractivity contribution in [1.82, 2.24) is 44.6 Å². The number of alkyl halides is 2. The van der Waals surface area contributed by atoms with E-state index in [1.165, 1.54) is 0 Å². The number of amides is 1. The minimum absolute atomic E-state index is 0.118. The molecule has 0 radical (unpaired) electrons. The Labute approximate surface area is 237 Å². The minimum atomic E-state index is -2.80. The Morgan fingerprint density at radius 1 is 1.02 bits per heavy atom. The molecule has 0 saturated heterocycles. The summed E-state index contributed by atoms with van der Waals surface area (Å²) in [5.41, 5.74) is 11.2. The molecule has 6 aromatic rings. The molecular weight excluding hydrogens is 542 g/mol. The van der Waals surface area contributed by atoms with Crippen molar-refractivity contribution >= 4 is 22.9 Å². The fourth-order valence-electron chi connectivity index (χ4n) is 5.21. The monoisotopic (exact) mass is 564 g/mol. The third-order valence-corrected chi connectivity index (χ3v) is 7.21. The highest BCUT2D eigenvalue weighted by Crippen LogP contribution is 2.36. The molecule has 1 atom stereocenters. The maximum atomic E-state index is 12.8. The number of anilines is 1. The summed E-state index contributed by atoms with van der Waals surface area (Å²) in [6, 6.07) is 15.0. The highest BCUT2D eigenvalue weighted by atomic mass is 19.3. The van der Waals surface area contributed by atoms with Gasteiger partial charge in [-0.15, -0.1) is 0 Å². The zero-order valence-electron chi connectivity index (χ0n) is 21.9. The quantitative estimate of drug-likeness (QED) is 0.303. The number of rotatable bonds is 6. The number of nitrogen functional groups attached to an aromatic ring is 1. The molecule has 11 nitrogen and oxygen atoms in total. The van der Waals surface area contributed by atoms with Gasteiger partial charge in [0.2, 0.25) is 0 Å². The predicted octanol–water partition coefficient (Wildman–Crippen LogP) is 4.40. The number of carbonyl (C=O) groups is 1. The number of carbonyl (C=O) groups excluding carboxylic acids is 1. The Morgan fingerprint density at radius 2 is 1.88 bits per heavy atom. The molecule has 3 N–H and O–H groups in total. The molecule has 0 saturated carbocycles. The van der Waals surface area contributed by atoms with E-state index in [0.717, 1.165) is 35.6 Å². The maximum absolute atomic E-state index is 12.8. The number of imidazole rings is 1. The van der Waals surface area contributed by atoms with Crippen LogP contribution in [0, 0.1) is 0 Å². The molecule has 0 aliphatic heterocycles. The molecule has 1 aliphatic carbocycles. The lowest BCUT2D eigenvalue weighted by Gasteiger charge is -2.16. The van der Waals surface area contributed by atoms with Gasteiger partial charge in [-0.3, -0.25) is 9.36 Å². The van der Waals surface area contributed by atoms with Crippen LogP contribution < -0.4 is 11.1 Å². The second-order valence-electron chi connectivity index (χ2n) is 9.75. The molecule has 13 heteroatoms. The van der Waals surface area contributed by atoms with Crippen LogP contribution in [-0.2, 0) is 6.42 Å².